The van der Waals surface area contributed by atoms with Crippen molar-refractivity contribution < 1.29 is 28.9 Å². The van der Waals surface area contributed by atoms with Crippen LogP contribution in [0.5, 0.6) is 0 Å². The highest BCUT2D eigenvalue weighted by Gasteiger charge is 2.19. The van der Waals surface area contributed by atoms with Gasteiger partial charge in [0.15, 0.2) is 0 Å². The molecule has 0 amide bonds. The summed E-state index contributed by atoms with van der Waals surface area (Å²) in [5.41, 5.74) is 6.51. The van der Waals surface area contributed by atoms with E-state index in [1.807, 2.05) is 12.1 Å². The van der Waals surface area contributed by atoms with E-state index in [0.29, 0.717) is 12.2 Å². The molecule has 0 unspecified atom stereocenters. The second-order valence-electron chi connectivity index (χ2n) is 7.49. The van der Waals surface area contributed by atoms with Gasteiger partial charge in [-0.05, 0) is 52.8 Å². The molecule has 6 nitrogen and oxygen atoms in total. The van der Waals surface area contributed by atoms with E-state index in [2.05, 4.69) is 29.2 Å². The van der Waals surface area contributed by atoms with Crippen LogP contribution in [0.3, 0.4) is 0 Å². The topological polar surface area (TPSA) is 87.1 Å². The number of carboxylic acid groups (broad SMARTS) is 2. The third-order valence-corrected chi connectivity index (χ3v) is 5.40. The lowest BCUT2D eigenvalue weighted by Gasteiger charge is -2.26. The molecule has 0 bridgehead atoms. The Balaban J connectivity index is 0.000000312. The van der Waals surface area contributed by atoms with Crippen LogP contribution in [0.2, 0.25) is 0 Å². The predicted octanol–water partition coefficient (Wildman–Crippen LogP) is 3.87. The van der Waals surface area contributed by atoms with Gasteiger partial charge in [0.1, 0.15) is 5.82 Å². The molecular formula is C25H26FNO5. The van der Waals surface area contributed by atoms with Crippen LogP contribution in [0.1, 0.15) is 17.5 Å². The summed E-state index contributed by atoms with van der Waals surface area (Å²) in [4.78, 5) is 21.6. The van der Waals surface area contributed by atoms with Crippen LogP contribution in [0.15, 0.2) is 60.7 Å². The molecule has 0 atom stereocenters. The number of ether oxygens (including phenoxy) is 1. The number of nitrogens with zero attached hydrogens (tertiary/aromatic N) is 1. The van der Waals surface area contributed by atoms with Crippen molar-refractivity contribution in [1.82, 2.24) is 4.90 Å². The summed E-state index contributed by atoms with van der Waals surface area (Å²) >= 11 is 0. The summed E-state index contributed by atoms with van der Waals surface area (Å²) < 4.78 is 18.6. The molecule has 2 N–H and O–H groups in total. The van der Waals surface area contributed by atoms with Crippen LogP contribution >= 0.6 is 0 Å². The van der Waals surface area contributed by atoms with E-state index < -0.39 is 11.9 Å². The predicted molar refractivity (Wildman–Crippen MR) is 120 cm³/mol. The number of morpholine rings is 1. The lowest BCUT2D eigenvalue weighted by molar-refractivity contribution is -0.134. The van der Waals surface area contributed by atoms with E-state index in [1.165, 1.54) is 34.4 Å². The van der Waals surface area contributed by atoms with Crippen molar-refractivity contribution in [3.05, 3.63) is 77.6 Å². The van der Waals surface area contributed by atoms with Gasteiger partial charge in [0.05, 0.1) is 13.2 Å². The quantitative estimate of drug-likeness (QED) is 0.665. The number of rotatable bonds is 6. The molecule has 2 aromatic rings. The van der Waals surface area contributed by atoms with Crippen molar-refractivity contribution >= 4 is 17.5 Å². The van der Waals surface area contributed by atoms with Gasteiger partial charge in [-0.1, -0.05) is 36.4 Å². The number of aliphatic carboxylic acids is 2. The SMILES string of the molecule is Fc1ccc(-c2cccc3c2CC=C3CCN2CCOCC2)cc1.O=C(O)C=CC(=O)O. The molecule has 1 aliphatic carbocycles. The van der Waals surface area contributed by atoms with Crippen LogP contribution in [-0.2, 0) is 20.7 Å². The average molecular weight is 439 g/mol. The number of carbonyl (C=O) groups is 2. The zero-order valence-corrected chi connectivity index (χ0v) is 17.7. The molecule has 1 fully saturated rings. The van der Waals surface area contributed by atoms with Crippen molar-refractivity contribution in [2.75, 3.05) is 32.8 Å². The Morgan fingerprint density at radius 1 is 0.969 bits per heavy atom. The number of benzene rings is 2. The van der Waals surface area contributed by atoms with Gasteiger partial charge < -0.3 is 14.9 Å². The monoisotopic (exact) mass is 439 g/mol. The molecule has 1 heterocycles. The van der Waals surface area contributed by atoms with Crippen molar-refractivity contribution in [3.63, 3.8) is 0 Å². The largest absolute Gasteiger partial charge is 0.478 e. The molecule has 7 heteroatoms. The van der Waals surface area contributed by atoms with Crippen molar-refractivity contribution in [3.8, 4) is 11.1 Å². The highest BCUT2D eigenvalue weighted by atomic mass is 19.1. The van der Waals surface area contributed by atoms with Crippen LogP contribution in [0.25, 0.3) is 16.7 Å². The minimum absolute atomic E-state index is 0.185. The van der Waals surface area contributed by atoms with E-state index in [0.717, 1.165) is 51.3 Å². The van der Waals surface area contributed by atoms with E-state index in [1.54, 1.807) is 0 Å². The van der Waals surface area contributed by atoms with Gasteiger partial charge in [0.2, 0.25) is 0 Å². The Morgan fingerprint density at radius 3 is 2.22 bits per heavy atom. The van der Waals surface area contributed by atoms with Crippen molar-refractivity contribution in [2.24, 2.45) is 0 Å². The van der Waals surface area contributed by atoms with Gasteiger partial charge in [-0.25, -0.2) is 14.0 Å². The standard InChI is InChI=1S/C21H22FNO.C4H4O4/c22-18-7-4-16(5-8-18)19-2-1-3-20-17(6-9-21(19)20)10-11-23-12-14-24-15-13-23;5-3(6)1-2-4(7)8/h1-8H,9-15H2;1-2H,(H,5,6)(H,7,8). The fourth-order valence-corrected chi connectivity index (χ4v) is 3.83. The molecule has 4 rings (SSSR count). The van der Waals surface area contributed by atoms with E-state index in [-0.39, 0.29) is 5.82 Å². The second-order valence-corrected chi connectivity index (χ2v) is 7.49. The molecule has 2 aromatic carbocycles. The molecule has 2 aliphatic rings. The normalized spacial score (nSPS) is 15.6. The summed E-state index contributed by atoms with van der Waals surface area (Å²) in [6, 6.07) is 13.3. The number of hydrogen-bond acceptors (Lipinski definition) is 4. The van der Waals surface area contributed by atoms with Crippen molar-refractivity contribution in [2.45, 2.75) is 12.8 Å². The van der Waals surface area contributed by atoms with Crippen LogP contribution in [0.4, 0.5) is 4.39 Å². The van der Waals surface area contributed by atoms with Gasteiger partial charge in [0, 0.05) is 31.8 Å². The maximum Gasteiger partial charge on any atom is 0.328 e. The Hall–Kier alpha value is -3.29. The number of fused-ring (bicyclic) bond motifs is 1. The Labute approximate surface area is 186 Å². The van der Waals surface area contributed by atoms with E-state index in [9.17, 15) is 14.0 Å². The summed E-state index contributed by atoms with van der Waals surface area (Å²) in [5.74, 6) is -2.70. The number of allylic oxidation sites excluding steroid dienone is 1. The molecule has 0 spiro atoms. The first kappa shape index (κ1) is 23.4. The zero-order valence-electron chi connectivity index (χ0n) is 17.7. The molecular weight excluding hydrogens is 413 g/mol. The third kappa shape index (κ3) is 6.60. The average Bonchev–Trinajstić information content (AvgIpc) is 3.21. The number of hydrogen-bond donors (Lipinski definition) is 2. The Morgan fingerprint density at radius 2 is 1.59 bits per heavy atom. The minimum Gasteiger partial charge on any atom is -0.478 e. The van der Waals surface area contributed by atoms with E-state index in [4.69, 9.17) is 14.9 Å². The summed E-state index contributed by atoms with van der Waals surface area (Å²) in [7, 11) is 0. The highest BCUT2D eigenvalue weighted by molar-refractivity contribution is 5.89. The molecule has 0 saturated carbocycles. The maximum absolute atomic E-state index is 13.2. The van der Waals surface area contributed by atoms with Gasteiger partial charge >= 0.3 is 11.9 Å². The minimum atomic E-state index is -1.26. The fourth-order valence-electron chi connectivity index (χ4n) is 3.83. The molecule has 168 valence electrons. The van der Waals surface area contributed by atoms with Crippen LogP contribution in [-0.4, -0.2) is 59.9 Å². The first-order chi connectivity index (χ1) is 15.4. The summed E-state index contributed by atoms with van der Waals surface area (Å²) in [6.07, 6.45) is 5.53. The molecule has 0 aromatic heterocycles. The molecule has 0 radical (unpaired) electrons. The Kier molecular flexibility index (Phi) is 8.30. The smallest absolute Gasteiger partial charge is 0.328 e. The first-order valence-electron chi connectivity index (χ1n) is 10.5. The molecule has 1 aliphatic heterocycles. The van der Waals surface area contributed by atoms with Crippen LogP contribution < -0.4 is 0 Å². The van der Waals surface area contributed by atoms with Gasteiger partial charge in [0.25, 0.3) is 0 Å². The van der Waals surface area contributed by atoms with Gasteiger partial charge in [-0.15, -0.1) is 0 Å². The lowest BCUT2D eigenvalue weighted by Crippen LogP contribution is -2.36. The van der Waals surface area contributed by atoms with Gasteiger partial charge in [-0.3, -0.25) is 4.90 Å². The lowest BCUT2D eigenvalue weighted by atomic mass is 9.94. The van der Waals surface area contributed by atoms with Gasteiger partial charge in [-0.2, -0.15) is 0 Å². The third-order valence-electron chi connectivity index (χ3n) is 5.40. The number of halogens is 1. The first-order valence-corrected chi connectivity index (χ1v) is 10.5. The number of carboxylic acids is 2. The van der Waals surface area contributed by atoms with E-state index >= 15 is 0 Å². The summed E-state index contributed by atoms with van der Waals surface area (Å²) in [6.45, 7) is 4.87. The maximum atomic E-state index is 13.2. The zero-order chi connectivity index (χ0) is 22.9. The fraction of sp³-hybridized carbons (Fsp3) is 0.280. The molecule has 1 saturated heterocycles. The Bertz CT molecular complexity index is 991. The molecule has 32 heavy (non-hydrogen) atoms. The van der Waals surface area contributed by atoms with Crippen LogP contribution in [0, 0.1) is 5.82 Å². The van der Waals surface area contributed by atoms with Crippen molar-refractivity contribution in [1.29, 1.82) is 0 Å². The second kappa shape index (κ2) is 11.4. The summed E-state index contributed by atoms with van der Waals surface area (Å²) in [5, 5.41) is 15.6. The highest BCUT2D eigenvalue weighted by Crippen LogP contribution is 2.36.